The van der Waals surface area contributed by atoms with Gasteiger partial charge in [0.1, 0.15) is 5.76 Å². The van der Waals surface area contributed by atoms with Crippen molar-refractivity contribution < 1.29 is 30.0 Å². The zero-order valence-corrected chi connectivity index (χ0v) is 28.4. The van der Waals surface area contributed by atoms with Crippen LogP contribution in [-0.2, 0) is 30.3 Å². The minimum absolute atomic E-state index is 0. The largest absolute Gasteiger partial charge is 0.512 e. The van der Waals surface area contributed by atoms with Crippen molar-refractivity contribution in [3.63, 3.8) is 0 Å². The predicted octanol–water partition coefficient (Wildman–Crippen LogP) is 9.91. The third kappa shape index (κ3) is 9.69. The van der Waals surface area contributed by atoms with E-state index in [4.69, 9.17) is 4.98 Å². The van der Waals surface area contributed by atoms with E-state index in [9.17, 15) is 9.90 Å². The van der Waals surface area contributed by atoms with Gasteiger partial charge in [-0.2, -0.15) is 0 Å². The minimum Gasteiger partial charge on any atom is -0.512 e. The number of aliphatic hydroxyl groups is 1. The number of fused-ring (bicyclic) bond motifs is 1. The van der Waals surface area contributed by atoms with Gasteiger partial charge in [0.05, 0.1) is 0 Å². The fourth-order valence-electron chi connectivity index (χ4n) is 3.84. The quantitative estimate of drug-likeness (QED) is 0.167. The summed E-state index contributed by atoms with van der Waals surface area (Å²) < 4.78 is 0. The molecular weight excluding hydrogens is 659 g/mol. The Hall–Kier alpha value is -2.29. The van der Waals surface area contributed by atoms with Gasteiger partial charge < -0.3 is 10.1 Å². The number of aliphatic hydroxyl groups excluding tert-OH is 1. The molecule has 3 nitrogen and oxygen atoms in total. The molecule has 0 aliphatic carbocycles. The van der Waals surface area contributed by atoms with Crippen LogP contribution in [0.1, 0.15) is 105 Å². The Morgan fingerprint density at radius 3 is 2.13 bits per heavy atom. The number of pyridine rings is 1. The van der Waals surface area contributed by atoms with Gasteiger partial charge in [0.2, 0.25) is 0 Å². The fraction of sp³-hybridized carbons (Fsp3) is 0.486. The molecule has 3 rings (SSSR count). The van der Waals surface area contributed by atoms with Crippen LogP contribution in [0.3, 0.4) is 0 Å². The number of allylic oxidation sites excluding steroid dienone is 2. The molecule has 0 spiro atoms. The summed E-state index contributed by atoms with van der Waals surface area (Å²) in [5, 5.41) is 12.1. The molecule has 4 heteroatoms. The van der Waals surface area contributed by atoms with Crippen LogP contribution in [0.25, 0.3) is 22.0 Å². The average molecular weight is 707 g/mol. The van der Waals surface area contributed by atoms with E-state index in [0.29, 0.717) is 5.92 Å². The summed E-state index contributed by atoms with van der Waals surface area (Å²) in [6, 6.07) is 16.7. The SMILES string of the molecule is CC(C)(C)C(=O)/C=C(\O)C(C)(C)C.CCC(C)c1cccc2cc(-c3[c-]c(C)cc(C(C)(C)C)c3)ncc12.[Ir]. The summed E-state index contributed by atoms with van der Waals surface area (Å²) in [4.78, 5) is 16.3. The maximum Gasteiger partial charge on any atom is 0.164 e. The molecule has 1 heterocycles. The molecule has 39 heavy (non-hydrogen) atoms. The summed E-state index contributed by atoms with van der Waals surface area (Å²) in [6.45, 7) is 24.5. The zero-order chi connectivity index (χ0) is 29.1. The molecule has 1 unspecified atom stereocenters. The van der Waals surface area contributed by atoms with Gasteiger partial charge in [-0.05, 0) is 34.4 Å². The predicted molar refractivity (Wildman–Crippen MR) is 163 cm³/mol. The third-order valence-electron chi connectivity index (χ3n) is 6.86. The number of hydrogen-bond donors (Lipinski definition) is 1. The third-order valence-corrected chi connectivity index (χ3v) is 6.86. The Morgan fingerprint density at radius 1 is 1.00 bits per heavy atom. The Bertz CT molecular complexity index is 1300. The number of rotatable bonds is 4. The van der Waals surface area contributed by atoms with E-state index in [2.05, 4.69) is 84.0 Å². The van der Waals surface area contributed by atoms with Gasteiger partial charge in [0, 0.05) is 48.6 Å². The Morgan fingerprint density at radius 2 is 1.62 bits per heavy atom. The minimum atomic E-state index is -0.417. The molecule has 1 aromatic heterocycles. The molecule has 1 atom stereocenters. The van der Waals surface area contributed by atoms with Gasteiger partial charge in [-0.3, -0.25) is 4.79 Å². The zero-order valence-electron chi connectivity index (χ0n) is 26.0. The second kappa shape index (κ2) is 13.4. The van der Waals surface area contributed by atoms with Crippen molar-refractivity contribution in [1.29, 1.82) is 0 Å². The Labute approximate surface area is 250 Å². The Kier molecular flexibility index (Phi) is 11.9. The fourth-order valence-corrected chi connectivity index (χ4v) is 3.84. The van der Waals surface area contributed by atoms with Crippen LogP contribution in [0.2, 0.25) is 0 Å². The second-order valence-electron chi connectivity index (χ2n) is 13.6. The monoisotopic (exact) mass is 707 g/mol. The molecule has 0 saturated heterocycles. The van der Waals surface area contributed by atoms with Crippen LogP contribution >= 0.6 is 0 Å². The number of carbonyl (C=O) groups is 1. The molecule has 0 fully saturated rings. The average Bonchev–Trinajstić information content (AvgIpc) is 2.81. The summed E-state index contributed by atoms with van der Waals surface area (Å²) in [7, 11) is 0. The van der Waals surface area contributed by atoms with Crippen LogP contribution in [0, 0.1) is 23.8 Å². The van der Waals surface area contributed by atoms with E-state index in [1.807, 2.05) is 47.7 Å². The number of nitrogens with zero attached hydrogens (tertiary/aromatic N) is 1. The van der Waals surface area contributed by atoms with E-state index in [0.717, 1.165) is 23.2 Å². The van der Waals surface area contributed by atoms with Crippen molar-refractivity contribution in [2.75, 3.05) is 0 Å². The first-order valence-corrected chi connectivity index (χ1v) is 13.7. The molecule has 0 amide bonds. The number of benzene rings is 2. The normalized spacial score (nSPS) is 13.3. The van der Waals surface area contributed by atoms with Gasteiger partial charge >= 0.3 is 0 Å². The second-order valence-corrected chi connectivity index (χ2v) is 13.6. The number of aryl methyl sites for hydroxylation is 1. The van der Waals surface area contributed by atoms with Gasteiger partial charge in [-0.25, -0.2) is 0 Å². The van der Waals surface area contributed by atoms with E-state index in [1.165, 1.54) is 28.0 Å². The molecule has 1 N–H and O–H groups in total. The summed E-state index contributed by atoms with van der Waals surface area (Å²) >= 11 is 0. The van der Waals surface area contributed by atoms with Crippen molar-refractivity contribution in [3.05, 3.63) is 77.2 Å². The summed E-state index contributed by atoms with van der Waals surface area (Å²) in [6.07, 6.45) is 4.51. The van der Waals surface area contributed by atoms with Gasteiger partial charge in [0.15, 0.2) is 5.78 Å². The first-order valence-electron chi connectivity index (χ1n) is 13.7. The van der Waals surface area contributed by atoms with E-state index >= 15 is 0 Å². The standard InChI is InChI=1S/C24H28N.C11H20O2.Ir/c1-7-17(3)21-10-8-9-18-14-23(25-15-22(18)21)19-11-16(2)12-20(13-19)24(4,5)6;1-10(2,3)8(12)7-9(13)11(4,5)6;/h8-10,12-15,17H,7H2,1-6H3;7,12H,1-6H3;/q-1;;/b;8-7-;. The summed E-state index contributed by atoms with van der Waals surface area (Å²) in [5.74, 6) is 0.654. The molecule has 0 aliphatic heterocycles. The van der Waals surface area contributed by atoms with E-state index < -0.39 is 5.41 Å². The van der Waals surface area contributed by atoms with E-state index in [1.54, 1.807) is 0 Å². The molecule has 0 saturated carbocycles. The molecule has 1 radical (unpaired) electrons. The maximum absolute atomic E-state index is 11.5. The number of carbonyl (C=O) groups excluding carboxylic acids is 1. The summed E-state index contributed by atoms with van der Waals surface area (Å²) in [5.41, 5.74) is 5.33. The topological polar surface area (TPSA) is 50.2 Å². The van der Waals surface area contributed by atoms with Crippen molar-refractivity contribution in [2.24, 2.45) is 10.8 Å². The first kappa shape index (κ1) is 34.7. The Balaban J connectivity index is 0.000000466. The van der Waals surface area contributed by atoms with Gasteiger partial charge in [-0.1, -0.05) is 107 Å². The molecule has 2 aromatic carbocycles. The maximum atomic E-state index is 11.5. The van der Waals surface area contributed by atoms with E-state index in [-0.39, 0.29) is 42.5 Å². The van der Waals surface area contributed by atoms with Crippen LogP contribution in [0.15, 0.2) is 54.4 Å². The van der Waals surface area contributed by atoms with Crippen molar-refractivity contribution in [3.8, 4) is 11.3 Å². The first-order chi connectivity index (χ1) is 17.3. The number of hydrogen-bond acceptors (Lipinski definition) is 3. The van der Waals surface area contributed by atoms with Gasteiger partial charge in [0.25, 0.3) is 0 Å². The number of ketones is 1. The van der Waals surface area contributed by atoms with Crippen LogP contribution in [0.5, 0.6) is 0 Å². The van der Waals surface area contributed by atoms with Gasteiger partial charge in [-0.15, -0.1) is 34.9 Å². The smallest absolute Gasteiger partial charge is 0.164 e. The van der Waals surface area contributed by atoms with Crippen molar-refractivity contribution in [1.82, 2.24) is 4.98 Å². The number of aromatic nitrogens is 1. The van der Waals surface area contributed by atoms with Crippen molar-refractivity contribution >= 4 is 16.6 Å². The van der Waals surface area contributed by atoms with Crippen LogP contribution in [-0.4, -0.2) is 15.9 Å². The van der Waals surface area contributed by atoms with Crippen molar-refractivity contribution in [2.45, 2.75) is 101 Å². The molecule has 215 valence electrons. The van der Waals surface area contributed by atoms with Crippen LogP contribution in [0.4, 0.5) is 0 Å². The molecule has 0 aliphatic rings. The molecule has 0 bridgehead atoms. The molecule has 3 aromatic rings. The van der Waals surface area contributed by atoms with Crippen LogP contribution < -0.4 is 0 Å². The molecular formula is C35H48IrNO2-.